The number of rotatable bonds is 6. The Hall–Kier alpha value is -0.510. The number of imide groups is 1. The number of carbonyl (C=O) groups excluding carboxylic acids is 2. The van der Waals surface area contributed by atoms with Crippen LogP contribution < -0.4 is 0 Å². The van der Waals surface area contributed by atoms with Crippen molar-refractivity contribution in [2.24, 2.45) is 17.8 Å². The molecule has 3 nitrogen and oxygen atoms in total. The average Bonchev–Trinajstić information content (AvgIpc) is 2.93. The van der Waals surface area contributed by atoms with Gasteiger partial charge in [-0.2, -0.15) is 11.8 Å². The zero-order valence-corrected chi connectivity index (χ0v) is 12.2. The predicted molar refractivity (Wildman–Crippen MR) is 74.3 cm³/mol. The molecule has 0 radical (unpaired) electrons. The van der Waals surface area contributed by atoms with Gasteiger partial charge >= 0.3 is 0 Å². The first kappa shape index (κ1) is 13.9. The Morgan fingerprint density at radius 1 is 1.22 bits per heavy atom. The van der Waals surface area contributed by atoms with Gasteiger partial charge in [-0.3, -0.25) is 14.5 Å². The number of amides is 2. The van der Waals surface area contributed by atoms with Gasteiger partial charge < -0.3 is 0 Å². The van der Waals surface area contributed by atoms with E-state index in [1.807, 2.05) is 0 Å². The maximum atomic E-state index is 12.2. The number of likely N-dealkylation sites (tertiary alicyclic amines) is 1. The Kier molecular flexibility index (Phi) is 4.71. The molecule has 2 rings (SSSR count). The van der Waals surface area contributed by atoms with Crippen molar-refractivity contribution in [1.82, 2.24) is 4.90 Å². The lowest BCUT2D eigenvalue weighted by atomic mass is 9.99. The van der Waals surface area contributed by atoms with E-state index in [1.54, 1.807) is 16.7 Å². The topological polar surface area (TPSA) is 37.4 Å². The summed E-state index contributed by atoms with van der Waals surface area (Å²) in [7, 11) is 0. The summed E-state index contributed by atoms with van der Waals surface area (Å²) in [5.41, 5.74) is 0. The highest BCUT2D eigenvalue weighted by Gasteiger charge is 2.50. The van der Waals surface area contributed by atoms with E-state index < -0.39 is 0 Å². The first-order valence-electron chi connectivity index (χ1n) is 7.12. The predicted octanol–water partition coefficient (Wildman–Crippen LogP) is 2.55. The van der Waals surface area contributed by atoms with Crippen LogP contribution in [0.15, 0.2) is 0 Å². The van der Waals surface area contributed by atoms with Gasteiger partial charge in [0.15, 0.2) is 0 Å². The van der Waals surface area contributed by atoms with Crippen molar-refractivity contribution < 1.29 is 9.59 Å². The molecule has 2 heterocycles. The van der Waals surface area contributed by atoms with Crippen LogP contribution in [0.2, 0.25) is 0 Å². The lowest BCUT2D eigenvalue weighted by Crippen LogP contribution is -2.36. The number of fused-ring (bicyclic) bond motifs is 1. The van der Waals surface area contributed by atoms with Gasteiger partial charge in [-0.1, -0.05) is 33.1 Å². The minimum atomic E-state index is -0.00817. The van der Waals surface area contributed by atoms with Crippen molar-refractivity contribution >= 4 is 23.6 Å². The van der Waals surface area contributed by atoms with Crippen LogP contribution in [-0.2, 0) is 9.59 Å². The standard InChI is InChI=1S/C14H23NO2S/c1-3-5-6-10(4-2)7-15-13(16)11-8-18-9-12(11)14(15)17/h10-12H,3-9H2,1-2H3. The van der Waals surface area contributed by atoms with Gasteiger partial charge in [0, 0.05) is 18.1 Å². The minimum absolute atomic E-state index is 0.00817. The zero-order valence-electron chi connectivity index (χ0n) is 11.4. The van der Waals surface area contributed by atoms with Crippen molar-refractivity contribution in [2.75, 3.05) is 18.1 Å². The summed E-state index contributed by atoms with van der Waals surface area (Å²) in [6, 6.07) is 0. The molecule has 2 amide bonds. The molecule has 2 aliphatic heterocycles. The van der Waals surface area contributed by atoms with Crippen molar-refractivity contribution in [3.05, 3.63) is 0 Å². The van der Waals surface area contributed by atoms with E-state index in [4.69, 9.17) is 0 Å². The van der Waals surface area contributed by atoms with Gasteiger partial charge in [0.25, 0.3) is 0 Å². The van der Waals surface area contributed by atoms with Gasteiger partial charge in [-0.05, 0) is 12.3 Å². The third-order valence-corrected chi connectivity index (χ3v) is 5.42. The zero-order chi connectivity index (χ0) is 13.1. The van der Waals surface area contributed by atoms with Crippen LogP contribution in [0.1, 0.15) is 39.5 Å². The van der Waals surface area contributed by atoms with Crippen LogP contribution in [0.5, 0.6) is 0 Å². The maximum Gasteiger partial charge on any atom is 0.233 e. The Labute approximate surface area is 114 Å². The fraction of sp³-hybridized carbons (Fsp3) is 0.857. The van der Waals surface area contributed by atoms with Gasteiger partial charge in [0.05, 0.1) is 11.8 Å². The highest BCUT2D eigenvalue weighted by atomic mass is 32.2. The Balaban J connectivity index is 1.96. The molecule has 18 heavy (non-hydrogen) atoms. The summed E-state index contributed by atoms with van der Waals surface area (Å²) in [6.07, 6.45) is 4.56. The minimum Gasteiger partial charge on any atom is -0.282 e. The van der Waals surface area contributed by atoms with Crippen molar-refractivity contribution in [3.8, 4) is 0 Å². The average molecular weight is 269 g/mol. The molecule has 102 valence electrons. The molecule has 2 saturated heterocycles. The van der Waals surface area contributed by atoms with Crippen LogP contribution >= 0.6 is 11.8 Å². The SMILES string of the molecule is CCCCC(CC)CN1C(=O)C2CSCC2C1=O. The smallest absolute Gasteiger partial charge is 0.233 e. The Morgan fingerprint density at radius 2 is 1.83 bits per heavy atom. The van der Waals surface area contributed by atoms with E-state index in [0.29, 0.717) is 12.5 Å². The van der Waals surface area contributed by atoms with Crippen LogP contribution in [0.4, 0.5) is 0 Å². The summed E-state index contributed by atoms with van der Waals surface area (Å²) in [6.45, 7) is 4.99. The molecule has 0 aliphatic carbocycles. The number of carbonyl (C=O) groups is 2. The third kappa shape index (κ3) is 2.58. The summed E-state index contributed by atoms with van der Waals surface area (Å²) < 4.78 is 0. The normalized spacial score (nSPS) is 28.9. The van der Waals surface area contributed by atoms with Crippen molar-refractivity contribution in [1.29, 1.82) is 0 Å². The highest BCUT2D eigenvalue weighted by Crippen LogP contribution is 2.38. The molecule has 3 unspecified atom stereocenters. The fourth-order valence-corrected chi connectivity index (χ4v) is 4.30. The number of hydrogen-bond acceptors (Lipinski definition) is 3. The van der Waals surface area contributed by atoms with Crippen molar-refractivity contribution in [2.45, 2.75) is 39.5 Å². The molecule has 2 aliphatic rings. The molecule has 0 N–H and O–H groups in total. The lowest BCUT2D eigenvalue weighted by molar-refractivity contribution is -0.140. The van der Waals surface area contributed by atoms with E-state index in [9.17, 15) is 9.59 Å². The van der Waals surface area contributed by atoms with Gasteiger partial charge in [0.1, 0.15) is 0 Å². The van der Waals surface area contributed by atoms with E-state index in [2.05, 4.69) is 13.8 Å². The third-order valence-electron chi connectivity index (χ3n) is 4.23. The molecule has 0 aromatic carbocycles. The van der Waals surface area contributed by atoms with Gasteiger partial charge in [-0.15, -0.1) is 0 Å². The first-order chi connectivity index (χ1) is 8.69. The monoisotopic (exact) mass is 269 g/mol. The molecule has 0 bridgehead atoms. The van der Waals surface area contributed by atoms with Crippen LogP contribution in [-0.4, -0.2) is 34.8 Å². The quantitative estimate of drug-likeness (QED) is 0.695. The summed E-state index contributed by atoms with van der Waals surface area (Å²) in [5.74, 6) is 2.37. The maximum absolute atomic E-state index is 12.2. The van der Waals surface area contributed by atoms with E-state index in [0.717, 1.165) is 24.3 Å². The molecule has 0 saturated carbocycles. The summed E-state index contributed by atoms with van der Waals surface area (Å²) >= 11 is 1.75. The molecule has 0 spiro atoms. The van der Waals surface area contributed by atoms with Gasteiger partial charge in [0.2, 0.25) is 11.8 Å². The molecule has 0 aromatic rings. The second-order valence-corrected chi connectivity index (χ2v) is 6.53. The van der Waals surface area contributed by atoms with Crippen LogP contribution in [0, 0.1) is 17.8 Å². The van der Waals surface area contributed by atoms with Crippen molar-refractivity contribution in [3.63, 3.8) is 0 Å². The number of unbranched alkanes of at least 4 members (excludes halogenated alkanes) is 1. The number of nitrogens with zero attached hydrogens (tertiary/aromatic N) is 1. The van der Waals surface area contributed by atoms with Crippen LogP contribution in [0.25, 0.3) is 0 Å². The summed E-state index contributed by atoms with van der Waals surface area (Å²) in [5, 5.41) is 0. The van der Waals surface area contributed by atoms with Crippen LogP contribution in [0.3, 0.4) is 0 Å². The van der Waals surface area contributed by atoms with E-state index >= 15 is 0 Å². The van der Waals surface area contributed by atoms with E-state index in [-0.39, 0.29) is 23.7 Å². The number of hydrogen-bond donors (Lipinski definition) is 0. The first-order valence-corrected chi connectivity index (χ1v) is 8.27. The molecule has 4 heteroatoms. The second-order valence-electron chi connectivity index (χ2n) is 5.45. The molecular formula is C14H23NO2S. The molecule has 0 aromatic heterocycles. The Bertz CT molecular complexity index is 310. The Morgan fingerprint density at radius 3 is 2.33 bits per heavy atom. The second kappa shape index (κ2) is 6.09. The molecule has 2 fully saturated rings. The molecule has 3 atom stereocenters. The summed E-state index contributed by atoms with van der Waals surface area (Å²) in [4.78, 5) is 26.0. The number of thioether (sulfide) groups is 1. The van der Waals surface area contributed by atoms with Gasteiger partial charge in [-0.25, -0.2) is 0 Å². The highest BCUT2D eigenvalue weighted by molar-refractivity contribution is 7.99. The van der Waals surface area contributed by atoms with E-state index in [1.165, 1.54) is 12.8 Å². The fourth-order valence-electron chi connectivity index (χ4n) is 2.91. The largest absolute Gasteiger partial charge is 0.282 e. The molecular weight excluding hydrogens is 246 g/mol. The lowest BCUT2D eigenvalue weighted by Gasteiger charge is -2.22.